The van der Waals surface area contributed by atoms with Crippen LogP contribution in [0.15, 0.2) is 79.1 Å². The fraction of sp³-hybridized carbons (Fsp3) is 0.0400. The maximum Gasteiger partial charge on any atom is 0.246 e. The highest BCUT2D eigenvalue weighted by Gasteiger charge is 2.19. The molecule has 0 radical (unpaired) electrons. The number of hydrogen-bond donors (Lipinski definition) is 2. The number of carbonyl (C=O) groups excluding carboxylic acids is 1. The van der Waals surface area contributed by atoms with Gasteiger partial charge in [-0.05, 0) is 54.6 Å². The number of halogens is 2. The minimum Gasteiger partial charge on any atom is -0.457 e. The zero-order valence-electron chi connectivity index (χ0n) is 18.2. The first kappa shape index (κ1) is 22.3. The number of amides is 1. The number of carbonyl (C=O) groups is 1. The molecule has 2 heterocycles. The van der Waals surface area contributed by atoms with Gasteiger partial charge in [-0.1, -0.05) is 29.8 Å². The highest BCUT2D eigenvalue weighted by atomic mass is 35.5. The standard InChI is InChI=1S/C25H18ClFN6O2/c26-19-12-16(8-11-20(19)27)31-21(34)13-33-25-22(24(28)29-14-30-25)23(32-33)15-6-9-18(10-7-15)35-17-4-2-1-3-5-17/h1-12,14H,13H2,(H,31,34)(H2,28,29,30). The van der Waals surface area contributed by atoms with Gasteiger partial charge < -0.3 is 15.8 Å². The molecule has 3 N–H and O–H groups in total. The second kappa shape index (κ2) is 9.40. The summed E-state index contributed by atoms with van der Waals surface area (Å²) >= 11 is 5.80. The SMILES string of the molecule is Nc1ncnc2c1c(-c1ccc(Oc3ccccc3)cc1)nn2CC(=O)Nc1ccc(F)c(Cl)c1. The van der Waals surface area contributed by atoms with Crippen LogP contribution in [0.1, 0.15) is 0 Å². The topological polar surface area (TPSA) is 108 Å². The number of rotatable bonds is 6. The van der Waals surface area contributed by atoms with E-state index in [-0.39, 0.29) is 17.4 Å². The van der Waals surface area contributed by atoms with Crippen molar-refractivity contribution in [2.45, 2.75) is 6.54 Å². The summed E-state index contributed by atoms with van der Waals surface area (Å²) < 4.78 is 20.7. The van der Waals surface area contributed by atoms with Crippen molar-refractivity contribution in [1.82, 2.24) is 19.7 Å². The van der Waals surface area contributed by atoms with Gasteiger partial charge in [0.25, 0.3) is 0 Å². The molecule has 0 saturated heterocycles. The van der Waals surface area contributed by atoms with E-state index >= 15 is 0 Å². The Morgan fingerprint density at radius 3 is 2.51 bits per heavy atom. The van der Waals surface area contributed by atoms with Crippen molar-refractivity contribution in [1.29, 1.82) is 0 Å². The number of para-hydroxylation sites is 1. The van der Waals surface area contributed by atoms with E-state index in [4.69, 9.17) is 22.1 Å². The van der Waals surface area contributed by atoms with Crippen LogP contribution in [-0.2, 0) is 11.3 Å². The first-order valence-electron chi connectivity index (χ1n) is 10.5. The number of nitrogens with zero attached hydrogens (tertiary/aromatic N) is 4. The first-order valence-corrected chi connectivity index (χ1v) is 10.9. The smallest absolute Gasteiger partial charge is 0.246 e. The molecule has 0 atom stereocenters. The fourth-order valence-electron chi connectivity index (χ4n) is 3.56. The molecular weight excluding hydrogens is 471 g/mol. The van der Waals surface area contributed by atoms with Gasteiger partial charge in [0, 0.05) is 11.3 Å². The van der Waals surface area contributed by atoms with Gasteiger partial charge in [0.2, 0.25) is 5.91 Å². The Labute approximate surface area is 204 Å². The molecule has 10 heteroatoms. The Kier molecular flexibility index (Phi) is 5.99. The minimum absolute atomic E-state index is 0.0881. The van der Waals surface area contributed by atoms with E-state index in [0.717, 1.165) is 11.3 Å². The van der Waals surface area contributed by atoms with Crippen molar-refractivity contribution in [2.24, 2.45) is 0 Å². The second-order valence-electron chi connectivity index (χ2n) is 7.58. The molecule has 35 heavy (non-hydrogen) atoms. The summed E-state index contributed by atoms with van der Waals surface area (Å²) in [4.78, 5) is 21.0. The molecule has 0 aliphatic carbocycles. The minimum atomic E-state index is -0.570. The van der Waals surface area contributed by atoms with Crippen LogP contribution in [0.25, 0.3) is 22.3 Å². The van der Waals surface area contributed by atoms with Gasteiger partial charge in [-0.3, -0.25) is 4.79 Å². The number of nitrogens with two attached hydrogens (primary N) is 1. The number of aromatic nitrogens is 4. The van der Waals surface area contributed by atoms with Gasteiger partial charge in [-0.25, -0.2) is 19.0 Å². The fourth-order valence-corrected chi connectivity index (χ4v) is 3.74. The quantitative estimate of drug-likeness (QED) is 0.336. The summed E-state index contributed by atoms with van der Waals surface area (Å²) in [7, 11) is 0. The zero-order chi connectivity index (χ0) is 24.4. The number of hydrogen-bond acceptors (Lipinski definition) is 6. The van der Waals surface area contributed by atoms with E-state index in [9.17, 15) is 9.18 Å². The lowest BCUT2D eigenvalue weighted by molar-refractivity contribution is -0.116. The van der Waals surface area contributed by atoms with Crippen LogP contribution in [0, 0.1) is 5.82 Å². The van der Waals surface area contributed by atoms with E-state index < -0.39 is 11.7 Å². The maximum atomic E-state index is 13.4. The molecule has 8 nitrogen and oxygen atoms in total. The molecule has 0 spiro atoms. The first-order chi connectivity index (χ1) is 17.0. The molecule has 5 aromatic rings. The van der Waals surface area contributed by atoms with E-state index in [1.54, 1.807) is 0 Å². The zero-order valence-corrected chi connectivity index (χ0v) is 18.9. The van der Waals surface area contributed by atoms with Gasteiger partial charge in [-0.2, -0.15) is 5.10 Å². The van der Waals surface area contributed by atoms with E-state index in [1.807, 2.05) is 54.6 Å². The van der Waals surface area contributed by atoms with Gasteiger partial charge in [0.1, 0.15) is 41.7 Å². The molecule has 0 unspecified atom stereocenters. The number of nitrogens with one attached hydrogen (secondary N) is 1. The Balaban J connectivity index is 1.42. The molecule has 0 bridgehead atoms. The molecule has 5 rings (SSSR count). The van der Waals surface area contributed by atoms with Gasteiger partial charge in [0.15, 0.2) is 5.65 Å². The monoisotopic (exact) mass is 488 g/mol. The predicted molar refractivity (Wildman–Crippen MR) is 132 cm³/mol. The summed E-state index contributed by atoms with van der Waals surface area (Å²) in [6, 6.07) is 20.7. The molecule has 0 aliphatic rings. The predicted octanol–water partition coefficient (Wildman–Crippen LogP) is 5.30. The lowest BCUT2D eigenvalue weighted by atomic mass is 10.1. The van der Waals surface area contributed by atoms with E-state index in [1.165, 1.54) is 29.2 Å². The van der Waals surface area contributed by atoms with Gasteiger partial charge in [0.05, 0.1) is 10.4 Å². The number of anilines is 2. The Morgan fingerprint density at radius 2 is 1.77 bits per heavy atom. The van der Waals surface area contributed by atoms with Crippen LogP contribution in [0.2, 0.25) is 5.02 Å². The number of benzene rings is 3. The molecule has 0 saturated carbocycles. The third kappa shape index (κ3) is 4.75. The van der Waals surface area contributed by atoms with Gasteiger partial charge >= 0.3 is 0 Å². The molecule has 3 aromatic carbocycles. The Morgan fingerprint density at radius 1 is 1.03 bits per heavy atom. The average molecular weight is 489 g/mol. The lowest BCUT2D eigenvalue weighted by Crippen LogP contribution is -2.19. The number of ether oxygens (including phenoxy) is 1. The van der Waals surface area contributed by atoms with Crippen molar-refractivity contribution in [3.05, 3.63) is 90.0 Å². The van der Waals surface area contributed by atoms with Crippen molar-refractivity contribution in [3.63, 3.8) is 0 Å². The van der Waals surface area contributed by atoms with E-state index in [0.29, 0.717) is 28.2 Å². The van der Waals surface area contributed by atoms with E-state index in [2.05, 4.69) is 20.4 Å². The molecule has 2 aromatic heterocycles. The molecule has 1 amide bonds. The van der Waals surface area contributed by atoms with Crippen LogP contribution < -0.4 is 15.8 Å². The molecule has 0 aliphatic heterocycles. The number of fused-ring (bicyclic) bond motifs is 1. The van der Waals surface area contributed by atoms with Crippen molar-refractivity contribution in [3.8, 4) is 22.8 Å². The summed E-state index contributed by atoms with van der Waals surface area (Å²) in [6.45, 7) is -0.156. The van der Waals surface area contributed by atoms with Crippen LogP contribution in [0.3, 0.4) is 0 Å². The third-order valence-corrected chi connectivity index (χ3v) is 5.45. The summed E-state index contributed by atoms with van der Waals surface area (Å²) in [6.07, 6.45) is 1.31. The highest BCUT2D eigenvalue weighted by Crippen LogP contribution is 2.32. The molecule has 0 fully saturated rings. The molecule has 174 valence electrons. The van der Waals surface area contributed by atoms with Crippen molar-refractivity contribution < 1.29 is 13.9 Å². The van der Waals surface area contributed by atoms with Crippen molar-refractivity contribution in [2.75, 3.05) is 11.1 Å². The summed E-state index contributed by atoms with van der Waals surface area (Å²) in [5.41, 5.74) is 8.20. The highest BCUT2D eigenvalue weighted by molar-refractivity contribution is 6.31. The van der Waals surface area contributed by atoms with Crippen LogP contribution in [0.4, 0.5) is 15.9 Å². The average Bonchev–Trinajstić information content (AvgIpc) is 3.22. The number of nitrogen functional groups attached to an aromatic ring is 1. The largest absolute Gasteiger partial charge is 0.457 e. The Bertz CT molecular complexity index is 1520. The third-order valence-electron chi connectivity index (χ3n) is 5.16. The maximum absolute atomic E-state index is 13.4. The summed E-state index contributed by atoms with van der Waals surface area (Å²) in [5.74, 6) is 0.657. The lowest BCUT2D eigenvalue weighted by Gasteiger charge is -2.07. The normalized spacial score (nSPS) is 10.9. The molecular formula is C25H18ClFN6O2. The van der Waals surface area contributed by atoms with Crippen LogP contribution >= 0.6 is 11.6 Å². The Hall–Kier alpha value is -4.50. The van der Waals surface area contributed by atoms with Crippen LogP contribution in [-0.4, -0.2) is 25.7 Å². The second-order valence-corrected chi connectivity index (χ2v) is 7.99. The van der Waals surface area contributed by atoms with Crippen LogP contribution in [0.5, 0.6) is 11.5 Å². The van der Waals surface area contributed by atoms with Crippen molar-refractivity contribution >= 4 is 40.0 Å². The summed E-state index contributed by atoms with van der Waals surface area (Å²) in [5, 5.41) is 7.71. The van der Waals surface area contributed by atoms with Gasteiger partial charge in [-0.15, -0.1) is 0 Å².